The Morgan fingerprint density at radius 1 is 0.537 bits per heavy atom. The minimum Gasteiger partial charge on any atom is -0.310 e. The first-order chi connectivity index (χ1) is 26.5. The molecule has 3 nitrogen and oxygen atoms in total. The van der Waals surface area contributed by atoms with Crippen LogP contribution < -0.4 is 4.90 Å². The van der Waals surface area contributed by atoms with E-state index in [4.69, 9.17) is 4.98 Å². The van der Waals surface area contributed by atoms with E-state index in [2.05, 4.69) is 181 Å². The number of rotatable bonds is 4. The fraction of sp³-hybridized carbons (Fsp3) is 0.0600. The van der Waals surface area contributed by atoms with E-state index in [1.165, 1.54) is 86.9 Å². The number of nitrogens with zero attached hydrogens (tertiary/aromatic N) is 3. The van der Waals surface area contributed by atoms with Crippen LogP contribution >= 0.6 is 11.3 Å². The standard InChI is InChI=1S/C50H33N3S/c1-50(2)42-16-7-5-13-37(42)38-24-22-34(27-43(38)50)52(32-20-18-31(19-21-32)36-15-9-11-30-10-3-4-12-35(30)36)33-23-25-46-41(26-33)47-48-40(28-44-49(47)54-29-51-44)39-14-6-8-17-45(39)53(46)48/h3-29H,1-2H3. The number of para-hydroxylation sites is 1. The van der Waals surface area contributed by atoms with Crippen molar-refractivity contribution in [2.24, 2.45) is 0 Å². The van der Waals surface area contributed by atoms with Crippen LogP contribution in [0.1, 0.15) is 25.0 Å². The SMILES string of the molecule is CC1(C)c2ccccc2-c2ccc(N(c3ccc(-c4cccc5ccccc45)cc3)c3ccc4c(c3)c3c5scnc5cc5c6ccccc6n4c53)cc21. The Labute approximate surface area is 316 Å². The van der Waals surface area contributed by atoms with Gasteiger partial charge >= 0.3 is 0 Å². The van der Waals surface area contributed by atoms with Crippen molar-refractivity contribution >= 4 is 87.5 Å². The summed E-state index contributed by atoms with van der Waals surface area (Å²) in [5, 5.41) is 7.59. The summed E-state index contributed by atoms with van der Waals surface area (Å²) in [7, 11) is 0. The van der Waals surface area contributed by atoms with Gasteiger partial charge in [0.15, 0.2) is 0 Å². The van der Waals surface area contributed by atoms with Gasteiger partial charge in [-0.05, 0) is 98.8 Å². The molecule has 0 aliphatic heterocycles. The van der Waals surface area contributed by atoms with Crippen LogP contribution in [0, 0.1) is 0 Å². The van der Waals surface area contributed by atoms with Crippen LogP contribution in [-0.2, 0) is 5.41 Å². The molecule has 3 aromatic heterocycles. The van der Waals surface area contributed by atoms with Gasteiger partial charge in [-0.15, -0.1) is 11.3 Å². The van der Waals surface area contributed by atoms with Crippen LogP contribution in [0.5, 0.6) is 0 Å². The second kappa shape index (κ2) is 10.8. The van der Waals surface area contributed by atoms with E-state index >= 15 is 0 Å². The minimum absolute atomic E-state index is 0.109. The summed E-state index contributed by atoms with van der Waals surface area (Å²) >= 11 is 1.74. The summed E-state index contributed by atoms with van der Waals surface area (Å²) in [5.41, 5.74) is 17.9. The fourth-order valence-corrected chi connectivity index (χ4v) is 10.4. The molecule has 254 valence electrons. The van der Waals surface area contributed by atoms with Crippen LogP contribution in [0.4, 0.5) is 17.1 Å². The molecule has 11 aromatic rings. The molecule has 0 spiro atoms. The third-order valence-electron chi connectivity index (χ3n) is 12.1. The van der Waals surface area contributed by atoms with E-state index in [9.17, 15) is 0 Å². The average molecular weight is 708 g/mol. The molecule has 12 rings (SSSR count). The Kier molecular flexibility index (Phi) is 6.00. The fourth-order valence-electron chi connectivity index (χ4n) is 9.55. The van der Waals surface area contributed by atoms with Gasteiger partial charge in [0.1, 0.15) is 0 Å². The highest BCUT2D eigenvalue weighted by Crippen LogP contribution is 2.51. The zero-order valence-corrected chi connectivity index (χ0v) is 30.7. The van der Waals surface area contributed by atoms with Crippen LogP contribution in [0.15, 0.2) is 163 Å². The van der Waals surface area contributed by atoms with E-state index in [0.29, 0.717) is 0 Å². The van der Waals surface area contributed by atoms with Crippen LogP contribution in [-0.4, -0.2) is 9.38 Å². The maximum atomic E-state index is 4.83. The van der Waals surface area contributed by atoms with Gasteiger partial charge in [0.05, 0.1) is 32.3 Å². The van der Waals surface area contributed by atoms with Crippen LogP contribution in [0.25, 0.3) is 81.3 Å². The molecule has 3 heterocycles. The molecule has 1 aliphatic carbocycles. The number of aromatic nitrogens is 2. The van der Waals surface area contributed by atoms with Crippen molar-refractivity contribution < 1.29 is 0 Å². The summed E-state index contributed by atoms with van der Waals surface area (Å²) in [4.78, 5) is 7.27. The zero-order chi connectivity index (χ0) is 35.7. The molecular weight excluding hydrogens is 675 g/mol. The quantitative estimate of drug-likeness (QED) is 0.182. The summed E-state index contributed by atoms with van der Waals surface area (Å²) in [6.45, 7) is 4.72. The highest BCUT2D eigenvalue weighted by atomic mass is 32.1. The van der Waals surface area contributed by atoms with Gasteiger partial charge in [-0.25, -0.2) is 4.98 Å². The first-order valence-corrected chi connectivity index (χ1v) is 19.5. The van der Waals surface area contributed by atoms with Crippen LogP contribution in [0.2, 0.25) is 0 Å². The minimum atomic E-state index is -0.109. The average Bonchev–Trinajstić information content (AvgIpc) is 3.96. The molecule has 0 unspecified atom stereocenters. The Balaban J connectivity index is 1.10. The van der Waals surface area contributed by atoms with Gasteiger partial charge in [-0.2, -0.15) is 0 Å². The number of thiazole rings is 1. The lowest BCUT2D eigenvalue weighted by atomic mass is 9.82. The molecular formula is C50H33N3S. The van der Waals surface area contributed by atoms with Gasteiger partial charge in [-0.1, -0.05) is 117 Å². The topological polar surface area (TPSA) is 20.5 Å². The molecule has 0 bridgehead atoms. The van der Waals surface area contributed by atoms with Gasteiger partial charge < -0.3 is 9.30 Å². The first kappa shape index (κ1) is 30.0. The first-order valence-electron chi connectivity index (χ1n) is 18.6. The lowest BCUT2D eigenvalue weighted by molar-refractivity contribution is 0.660. The van der Waals surface area contributed by atoms with E-state index in [1.54, 1.807) is 11.3 Å². The predicted octanol–water partition coefficient (Wildman–Crippen LogP) is 14.0. The van der Waals surface area contributed by atoms with E-state index in [-0.39, 0.29) is 5.41 Å². The van der Waals surface area contributed by atoms with E-state index in [0.717, 1.165) is 22.6 Å². The number of hydrogen-bond acceptors (Lipinski definition) is 3. The summed E-state index contributed by atoms with van der Waals surface area (Å²) in [6, 6.07) is 58.4. The third kappa shape index (κ3) is 3.98. The normalized spacial score (nSPS) is 13.5. The Morgan fingerprint density at radius 3 is 2.13 bits per heavy atom. The molecule has 0 fully saturated rings. The molecule has 0 amide bonds. The van der Waals surface area contributed by atoms with Gasteiger partial charge in [0.25, 0.3) is 0 Å². The maximum Gasteiger partial charge on any atom is 0.0826 e. The largest absolute Gasteiger partial charge is 0.310 e. The van der Waals surface area contributed by atoms with E-state index in [1.807, 2.05) is 5.51 Å². The summed E-state index contributed by atoms with van der Waals surface area (Å²) in [6.07, 6.45) is 0. The van der Waals surface area contributed by atoms with E-state index < -0.39 is 0 Å². The Bertz CT molecular complexity index is 3300. The van der Waals surface area contributed by atoms with Crippen molar-refractivity contribution in [1.29, 1.82) is 0 Å². The Hall–Kier alpha value is -6.49. The van der Waals surface area contributed by atoms with Crippen molar-refractivity contribution in [2.75, 3.05) is 4.90 Å². The molecule has 0 atom stereocenters. The second-order valence-electron chi connectivity index (χ2n) is 15.2. The lowest BCUT2D eigenvalue weighted by Gasteiger charge is -2.28. The van der Waals surface area contributed by atoms with Crippen molar-refractivity contribution in [3.8, 4) is 22.3 Å². The van der Waals surface area contributed by atoms with Crippen LogP contribution in [0.3, 0.4) is 0 Å². The lowest BCUT2D eigenvalue weighted by Crippen LogP contribution is -2.16. The summed E-state index contributed by atoms with van der Waals surface area (Å²) in [5.74, 6) is 0. The molecule has 1 aliphatic rings. The predicted molar refractivity (Wildman–Crippen MR) is 229 cm³/mol. The molecule has 8 aromatic carbocycles. The second-order valence-corrected chi connectivity index (χ2v) is 16.1. The van der Waals surface area contributed by atoms with Crippen molar-refractivity contribution in [1.82, 2.24) is 9.38 Å². The molecule has 0 saturated carbocycles. The Morgan fingerprint density at radius 2 is 1.22 bits per heavy atom. The van der Waals surface area contributed by atoms with Crippen molar-refractivity contribution in [3.05, 3.63) is 174 Å². The van der Waals surface area contributed by atoms with Gasteiger partial charge in [-0.3, -0.25) is 0 Å². The van der Waals surface area contributed by atoms with Gasteiger partial charge in [0, 0.05) is 44.0 Å². The number of anilines is 3. The third-order valence-corrected chi connectivity index (χ3v) is 12.9. The molecule has 0 N–H and O–H groups in total. The molecule has 4 heteroatoms. The highest BCUT2D eigenvalue weighted by molar-refractivity contribution is 7.18. The molecule has 0 radical (unpaired) electrons. The molecule has 54 heavy (non-hydrogen) atoms. The zero-order valence-electron chi connectivity index (χ0n) is 29.8. The smallest absolute Gasteiger partial charge is 0.0826 e. The monoisotopic (exact) mass is 707 g/mol. The van der Waals surface area contributed by atoms with Crippen molar-refractivity contribution in [2.45, 2.75) is 19.3 Å². The number of fused-ring (bicyclic) bond motifs is 12. The maximum absolute atomic E-state index is 4.83. The van der Waals surface area contributed by atoms with Gasteiger partial charge in [0.2, 0.25) is 0 Å². The number of benzene rings is 8. The highest BCUT2D eigenvalue weighted by Gasteiger charge is 2.36. The summed E-state index contributed by atoms with van der Waals surface area (Å²) < 4.78 is 3.71. The van der Waals surface area contributed by atoms with Crippen molar-refractivity contribution in [3.63, 3.8) is 0 Å². The molecule has 0 saturated heterocycles. The number of hydrogen-bond donors (Lipinski definition) is 0.